The second-order valence-corrected chi connectivity index (χ2v) is 8.46. The van der Waals surface area contributed by atoms with Crippen LogP contribution in [0.2, 0.25) is 0 Å². The third-order valence-electron chi connectivity index (χ3n) is 6.56. The molecule has 142 valence electrons. The molecule has 2 bridgehead atoms. The summed E-state index contributed by atoms with van der Waals surface area (Å²) in [4.78, 5) is 7.25. The maximum Gasteiger partial charge on any atom is 0.191 e. The van der Waals surface area contributed by atoms with Gasteiger partial charge in [-0.2, -0.15) is 0 Å². The Morgan fingerprint density at radius 2 is 1.81 bits per heavy atom. The third-order valence-corrected chi connectivity index (χ3v) is 6.56. The standard InChI is InChI=1S/C22H34N4/c1-3-7-17-12-21(17)25-22(23-2)24-18-13-19-10-11-20(14-18)26(19)15-16-8-5-4-6-9-16/h4-6,8-9,17-21H,3,7,10-15H2,1-2H3,(H2,23,24,25). The number of benzene rings is 1. The number of aliphatic imine (C=N–C) groups is 1. The van der Waals surface area contributed by atoms with Crippen molar-refractivity contribution in [3.8, 4) is 0 Å². The molecule has 4 atom stereocenters. The minimum atomic E-state index is 0.564. The normalized spacial score (nSPS) is 33.9. The van der Waals surface area contributed by atoms with Gasteiger partial charge in [-0.25, -0.2) is 0 Å². The Morgan fingerprint density at radius 3 is 2.46 bits per heavy atom. The molecule has 1 aliphatic carbocycles. The van der Waals surface area contributed by atoms with Gasteiger partial charge in [-0.1, -0.05) is 43.7 Å². The molecule has 0 aromatic heterocycles. The molecular formula is C22H34N4. The lowest BCUT2D eigenvalue weighted by molar-refractivity contribution is 0.114. The lowest BCUT2D eigenvalue weighted by Gasteiger charge is -2.39. The van der Waals surface area contributed by atoms with E-state index in [9.17, 15) is 0 Å². The van der Waals surface area contributed by atoms with E-state index < -0.39 is 0 Å². The van der Waals surface area contributed by atoms with Gasteiger partial charge >= 0.3 is 0 Å². The highest BCUT2D eigenvalue weighted by Crippen LogP contribution is 2.37. The van der Waals surface area contributed by atoms with Crippen molar-refractivity contribution in [1.82, 2.24) is 15.5 Å². The molecule has 3 aliphatic rings. The van der Waals surface area contributed by atoms with Crippen LogP contribution in [0, 0.1) is 5.92 Å². The van der Waals surface area contributed by atoms with Crippen LogP contribution < -0.4 is 10.6 Å². The van der Waals surface area contributed by atoms with Crippen LogP contribution in [0.1, 0.15) is 57.4 Å². The first-order valence-electron chi connectivity index (χ1n) is 10.6. The van der Waals surface area contributed by atoms with Crippen LogP contribution in [0.3, 0.4) is 0 Å². The molecule has 2 heterocycles. The molecule has 4 heteroatoms. The summed E-state index contributed by atoms with van der Waals surface area (Å²) in [7, 11) is 1.91. The molecular weight excluding hydrogens is 320 g/mol. The third kappa shape index (κ3) is 4.06. The van der Waals surface area contributed by atoms with Crippen LogP contribution in [0.4, 0.5) is 0 Å². The van der Waals surface area contributed by atoms with Gasteiger partial charge in [0.2, 0.25) is 0 Å². The molecule has 2 aliphatic heterocycles. The monoisotopic (exact) mass is 354 g/mol. The fourth-order valence-corrected chi connectivity index (χ4v) is 5.10. The number of piperidine rings is 1. The largest absolute Gasteiger partial charge is 0.354 e. The molecule has 26 heavy (non-hydrogen) atoms. The van der Waals surface area contributed by atoms with E-state index in [1.807, 2.05) is 7.05 Å². The highest BCUT2D eigenvalue weighted by atomic mass is 15.3. The number of rotatable bonds is 6. The van der Waals surface area contributed by atoms with Gasteiger partial charge in [0, 0.05) is 37.8 Å². The predicted octanol–water partition coefficient (Wildman–Crippen LogP) is 3.54. The maximum absolute atomic E-state index is 4.49. The molecule has 2 saturated heterocycles. The molecule has 0 spiro atoms. The first-order chi connectivity index (χ1) is 12.8. The second-order valence-electron chi connectivity index (χ2n) is 8.46. The first-order valence-corrected chi connectivity index (χ1v) is 10.6. The summed E-state index contributed by atoms with van der Waals surface area (Å²) in [6.07, 6.45) is 9.14. The number of nitrogens with one attached hydrogen (secondary N) is 2. The van der Waals surface area contributed by atoms with Gasteiger partial charge in [0.05, 0.1) is 0 Å². The van der Waals surface area contributed by atoms with Crippen LogP contribution in [-0.2, 0) is 6.54 Å². The van der Waals surface area contributed by atoms with Gasteiger partial charge in [0.15, 0.2) is 5.96 Å². The van der Waals surface area contributed by atoms with Crippen molar-refractivity contribution in [3.63, 3.8) is 0 Å². The van der Waals surface area contributed by atoms with E-state index in [0.29, 0.717) is 12.1 Å². The fraction of sp³-hybridized carbons (Fsp3) is 0.682. The lowest BCUT2D eigenvalue weighted by atomic mass is 9.96. The highest BCUT2D eigenvalue weighted by Gasteiger charge is 2.41. The van der Waals surface area contributed by atoms with Crippen LogP contribution in [-0.4, -0.2) is 42.1 Å². The van der Waals surface area contributed by atoms with Crippen molar-refractivity contribution in [3.05, 3.63) is 35.9 Å². The minimum Gasteiger partial charge on any atom is -0.354 e. The molecule has 4 unspecified atom stereocenters. The predicted molar refractivity (Wildman–Crippen MR) is 108 cm³/mol. The molecule has 4 nitrogen and oxygen atoms in total. The number of guanidine groups is 1. The van der Waals surface area contributed by atoms with Crippen molar-refractivity contribution in [2.24, 2.45) is 10.9 Å². The Bertz CT molecular complexity index is 600. The van der Waals surface area contributed by atoms with Gasteiger partial charge in [0.1, 0.15) is 0 Å². The van der Waals surface area contributed by atoms with Crippen LogP contribution in [0.25, 0.3) is 0 Å². The van der Waals surface area contributed by atoms with Crippen LogP contribution in [0.15, 0.2) is 35.3 Å². The molecule has 1 saturated carbocycles. The molecule has 2 N–H and O–H groups in total. The SMILES string of the molecule is CCCC1CC1NC(=NC)NC1CC2CCC(C1)N2Cc1ccccc1. The topological polar surface area (TPSA) is 39.7 Å². The number of hydrogen-bond donors (Lipinski definition) is 2. The summed E-state index contributed by atoms with van der Waals surface area (Å²) in [5.41, 5.74) is 1.45. The summed E-state index contributed by atoms with van der Waals surface area (Å²) in [6, 6.07) is 13.6. The first kappa shape index (κ1) is 17.8. The Labute approximate surface area is 158 Å². The fourth-order valence-electron chi connectivity index (χ4n) is 5.10. The number of fused-ring (bicyclic) bond motifs is 2. The zero-order chi connectivity index (χ0) is 17.9. The van der Waals surface area contributed by atoms with Crippen LogP contribution >= 0.6 is 0 Å². The van der Waals surface area contributed by atoms with E-state index >= 15 is 0 Å². The second kappa shape index (κ2) is 7.99. The van der Waals surface area contributed by atoms with Crippen LogP contribution in [0.5, 0.6) is 0 Å². The van der Waals surface area contributed by atoms with E-state index in [2.05, 4.69) is 57.8 Å². The molecule has 1 aromatic carbocycles. The molecule has 0 amide bonds. The summed E-state index contributed by atoms with van der Waals surface area (Å²) in [6.45, 7) is 3.39. The van der Waals surface area contributed by atoms with Gasteiger partial charge < -0.3 is 10.6 Å². The van der Waals surface area contributed by atoms with Crippen molar-refractivity contribution in [2.75, 3.05) is 7.05 Å². The average Bonchev–Trinajstić information content (AvgIpc) is 3.35. The summed E-state index contributed by atoms with van der Waals surface area (Å²) < 4.78 is 0. The van der Waals surface area contributed by atoms with Crippen molar-refractivity contribution >= 4 is 5.96 Å². The van der Waals surface area contributed by atoms with E-state index in [1.165, 1.54) is 50.5 Å². The Balaban J connectivity index is 1.29. The smallest absolute Gasteiger partial charge is 0.191 e. The summed E-state index contributed by atoms with van der Waals surface area (Å²) >= 11 is 0. The molecule has 4 rings (SSSR count). The minimum absolute atomic E-state index is 0.564. The highest BCUT2D eigenvalue weighted by molar-refractivity contribution is 5.80. The van der Waals surface area contributed by atoms with Crippen molar-refractivity contribution in [2.45, 2.75) is 82.6 Å². The Hall–Kier alpha value is -1.55. The maximum atomic E-state index is 4.49. The quantitative estimate of drug-likeness (QED) is 0.606. The Kier molecular flexibility index (Phi) is 5.49. The van der Waals surface area contributed by atoms with Crippen molar-refractivity contribution in [1.29, 1.82) is 0 Å². The zero-order valence-corrected chi connectivity index (χ0v) is 16.3. The Morgan fingerprint density at radius 1 is 1.08 bits per heavy atom. The molecule has 0 radical (unpaired) electrons. The van der Waals surface area contributed by atoms with E-state index in [4.69, 9.17) is 0 Å². The van der Waals surface area contributed by atoms with Gasteiger partial charge in [-0.15, -0.1) is 0 Å². The number of hydrogen-bond acceptors (Lipinski definition) is 2. The zero-order valence-electron chi connectivity index (χ0n) is 16.3. The van der Waals surface area contributed by atoms with E-state index in [0.717, 1.165) is 30.5 Å². The van der Waals surface area contributed by atoms with Gasteiger partial charge in [0.25, 0.3) is 0 Å². The molecule has 1 aromatic rings. The molecule has 3 fully saturated rings. The lowest BCUT2D eigenvalue weighted by Crippen LogP contribution is -2.52. The summed E-state index contributed by atoms with van der Waals surface area (Å²) in [5.74, 6) is 1.89. The van der Waals surface area contributed by atoms with Gasteiger partial charge in [-0.3, -0.25) is 9.89 Å². The van der Waals surface area contributed by atoms with E-state index in [-0.39, 0.29) is 0 Å². The summed E-state index contributed by atoms with van der Waals surface area (Å²) in [5, 5.41) is 7.39. The van der Waals surface area contributed by atoms with Gasteiger partial charge in [-0.05, 0) is 50.0 Å². The van der Waals surface area contributed by atoms with Crippen molar-refractivity contribution < 1.29 is 0 Å². The van der Waals surface area contributed by atoms with E-state index in [1.54, 1.807) is 0 Å². The average molecular weight is 355 g/mol. The number of nitrogens with zero attached hydrogens (tertiary/aromatic N) is 2.